The third-order valence-electron chi connectivity index (χ3n) is 7.31. The Morgan fingerprint density at radius 1 is 1.03 bits per heavy atom. The molecule has 1 saturated heterocycles. The number of ether oxygens (including phenoxy) is 1. The Labute approximate surface area is 218 Å². The highest BCUT2D eigenvalue weighted by Gasteiger charge is 2.48. The number of nitrogens with one attached hydrogen (secondary N) is 1. The van der Waals surface area contributed by atoms with Crippen LogP contribution in [0.2, 0.25) is 5.02 Å². The number of halogens is 1. The topological polar surface area (TPSA) is 82.7 Å². The molecule has 0 spiro atoms. The van der Waals surface area contributed by atoms with Gasteiger partial charge in [-0.05, 0) is 41.0 Å². The summed E-state index contributed by atoms with van der Waals surface area (Å²) in [4.78, 5) is 46.4. The Morgan fingerprint density at radius 3 is 2.51 bits per heavy atom. The molecule has 1 N–H and O–H groups in total. The molecule has 7 nitrogen and oxygen atoms in total. The zero-order valence-corrected chi connectivity index (χ0v) is 20.9. The molecule has 3 heterocycles. The van der Waals surface area contributed by atoms with E-state index in [-0.39, 0.29) is 24.9 Å². The van der Waals surface area contributed by atoms with Crippen LogP contribution in [0, 0.1) is 0 Å². The Balaban J connectivity index is 1.44. The zero-order chi connectivity index (χ0) is 25.7. The zero-order valence-electron chi connectivity index (χ0n) is 20.1. The number of hydrogen-bond donors (Lipinski definition) is 1. The number of aromatic nitrogens is 1. The Morgan fingerprint density at radius 2 is 1.76 bits per heavy atom. The van der Waals surface area contributed by atoms with Gasteiger partial charge >= 0.3 is 5.97 Å². The largest absolute Gasteiger partial charge is 0.465 e. The highest BCUT2D eigenvalue weighted by Crippen LogP contribution is 2.42. The van der Waals surface area contributed by atoms with Crippen molar-refractivity contribution in [3.63, 3.8) is 0 Å². The summed E-state index contributed by atoms with van der Waals surface area (Å²) >= 11 is 6.36. The van der Waals surface area contributed by atoms with Gasteiger partial charge in [-0.2, -0.15) is 0 Å². The van der Waals surface area contributed by atoms with E-state index >= 15 is 0 Å². The Kier molecular flexibility index (Phi) is 5.72. The van der Waals surface area contributed by atoms with Crippen molar-refractivity contribution in [2.45, 2.75) is 25.0 Å². The molecule has 186 valence electrons. The van der Waals surface area contributed by atoms with E-state index in [0.717, 1.165) is 33.3 Å². The number of amides is 2. The van der Waals surface area contributed by atoms with Gasteiger partial charge < -0.3 is 19.5 Å². The number of piperazine rings is 1. The summed E-state index contributed by atoms with van der Waals surface area (Å²) in [5, 5.41) is 1.60. The molecule has 3 aromatic carbocycles. The molecule has 1 aromatic heterocycles. The number of nitrogens with zero attached hydrogens (tertiary/aromatic N) is 2. The van der Waals surface area contributed by atoms with E-state index in [4.69, 9.17) is 16.3 Å². The number of methoxy groups -OCH3 is 1. The molecule has 2 amide bonds. The summed E-state index contributed by atoms with van der Waals surface area (Å²) in [6, 6.07) is 21.2. The maximum atomic E-state index is 13.9. The van der Waals surface area contributed by atoms with Crippen molar-refractivity contribution in [1.82, 2.24) is 14.8 Å². The molecule has 2 aliphatic rings. The molecule has 6 rings (SSSR count). The van der Waals surface area contributed by atoms with Crippen LogP contribution in [0.4, 0.5) is 0 Å². The fraction of sp³-hybridized carbons (Fsp3) is 0.207. The minimum absolute atomic E-state index is 0.0349. The molecule has 0 saturated carbocycles. The number of aromatic amines is 1. The number of rotatable bonds is 4. The van der Waals surface area contributed by atoms with Gasteiger partial charge in [0, 0.05) is 34.6 Å². The standard InChI is InChI=1S/C29H24ClN3O4/c1-37-29(36)18-12-10-17(11-13-18)27-26-21(20-7-3-5-9-23(20)31-26)14-24-28(35)32(16-25(34)33(24)27)15-19-6-2-4-8-22(19)30/h2-13,24,27,31H,14-16H2,1H3/t24-,27+/m0/s1. The van der Waals surface area contributed by atoms with Gasteiger partial charge in [0.05, 0.1) is 18.7 Å². The molecular formula is C29H24ClN3O4. The highest BCUT2D eigenvalue weighted by atomic mass is 35.5. The molecular weight excluding hydrogens is 490 g/mol. The van der Waals surface area contributed by atoms with Crippen LogP contribution in [0.1, 0.15) is 38.8 Å². The molecule has 2 aliphatic heterocycles. The monoisotopic (exact) mass is 513 g/mol. The Hall–Kier alpha value is -4.10. The van der Waals surface area contributed by atoms with Gasteiger partial charge in [-0.1, -0.05) is 60.1 Å². The van der Waals surface area contributed by atoms with Crippen LogP contribution in [0.15, 0.2) is 72.8 Å². The summed E-state index contributed by atoms with van der Waals surface area (Å²) in [5.41, 5.74) is 4.91. The van der Waals surface area contributed by atoms with E-state index in [9.17, 15) is 14.4 Å². The van der Waals surface area contributed by atoms with Crippen LogP contribution in [0.3, 0.4) is 0 Å². The summed E-state index contributed by atoms with van der Waals surface area (Å²) in [7, 11) is 1.34. The van der Waals surface area contributed by atoms with Crippen LogP contribution in [-0.4, -0.2) is 52.3 Å². The second kappa shape index (κ2) is 9.09. The number of carbonyl (C=O) groups is 3. The lowest BCUT2D eigenvalue weighted by atomic mass is 9.86. The maximum Gasteiger partial charge on any atom is 0.337 e. The highest BCUT2D eigenvalue weighted by molar-refractivity contribution is 6.31. The first-order valence-electron chi connectivity index (χ1n) is 12.1. The first kappa shape index (κ1) is 23.3. The van der Waals surface area contributed by atoms with Crippen molar-refractivity contribution in [3.8, 4) is 0 Å². The second-order valence-corrected chi connectivity index (χ2v) is 9.79. The van der Waals surface area contributed by atoms with E-state index in [1.807, 2.05) is 54.6 Å². The summed E-state index contributed by atoms with van der Waals surface area (Å²) in [6.45, 7) is 0.237. The van der Waals surface area contributed by atoms with Gasteiger partial charge in [0.15, 0.2) is 0 Å². The van der Waals surface area contributed by atoms with Gasteiger partial charge in [0.1, 0.15) is 12.6 Å². The quantitative estimate of drug-likeness (QED) is 0.407. The van der Waals surface area contributed by atoms with E-state index in [1.165, 1.54) is 7.11 Å². The van der Waals surface area contributed by atoms with Crippen molar-refractivity contribution < 1.29 is 19.1 Å². The van der Waals surface area contributed by atoms with Crippen LogP contribution >= 0.6 is 11.6 Å². The van der Waals surface area contributed by atoms with Gasteiger partial charge in [0.2, 0.25) is 11.8 Å². The molecule has 0 unspecified atom stereocenters. The lowest BCUT2D eigenvalue weighted by Gasteiger charge is -2.47. The molecule has 8 heteroatoms. The molecule has 2 atom stereocenters. The van der Waals surface area contributed by atoms with Crippen molar-refractivity contribution in [1.29, 1.82) is 0 Å². The van der Waals surface area contributed by atoms with Gasteiger partial charge in [0.25, 0.3) is 0 Å². The molecule has 1 fully saturated rings. The Bertz CT molecular complexity index is 1540. The van der Waals surface area contributed by atoms with E-state index in [1.54, 1.807) is 28.0 Å². The molecule has 37 heavy (non-hydrogen) atoms. The van der Waals surface area contributed by atoms with Crippen molar-refractivity contribution in [2.24, 2.45) is 0 Å². The lowest BCUT2D eigenvalue weighted by molar-refractivity contribution is -0.159. The molecule has 4 aromatic rings. The van der Waals surface area contributed by atoms with Crippen molar-refractivity contribution >= 4 is 40.3 Å². The number of para-hydroxylation sites is 1. The van der Waals surface area contributed by atoms with Crippen LogP contribution < -0.4 is 0 Å². The summed E-state index contributed by atoms with van der Waals surface area (Å²) < 4.78 is 4.83. The van der Waals surface area contributed by atoms with Gasteiger partial charge in [-0.25, -0.2) is 4.79 Å². The number of esters is 1. The predicted octanol–water partition coefficient (Wildman–Crippen LogP) is 4.49. The third-order valence-corrected chi connectivity index (χ3v) is 7.68. The average Bonchev–Trinajstić information content (AvgIpc) is 3.29. The fourth-order valence-electron chi connectivity index (χ4n) is 5.56. The van der Waals surface area contributed by atoms with Crippen molar-refractivity contribution in [3.05, 3.63) is 106 Å². The minimum atomic E-state index is -0.652. The average molecular weight is 514 g/mol. The molecule has 0 aliphatic carbocycles. The van der Waals surface area contributed by atoms with E-state index in [0.29, 0.717) is 17.0 Å². The number of hydrogen-bond acceptors (Lipinski definition) is 4. The van der Waals surface area contributed by atoms with Crippen molar-refractivity contribution in [2.75, 3.05) is 13.7 Å². The number of H-pyrrole nitrogens is 1. The smallest absolute Gasteiger partial charge is 0.337 e. The normalized spacial score (nSPS) is 19.1. The second-order valence-electron chi connectivity index (χ2n) is 9.39. The predicted molar refractivity (Wildman–Crippen MR) is 139 cm³/mol. The number of fused-ring (bicyclic) bond motifs is 4. The first-order valence-corrected chi connectivity index (χ1v) is 12.4. The SMILES string of the molecule is COC(=O)c1ccc([C@@H]2c3[nH]c4ccccc4c3C[C@H]3C(=O)N(Cc4ccccc4Cl)CC(=O)N23)cc1. The van der Waals surface area contributed by atoms with Crippen LogP contribution in [0.5, 0.6) is 0 Å². The third kappa shape index (κ3) is 3.86. The first-order chi connectivity index (χ1) is 18.0. The lowest BCUT2D eigenvalue weighted by Crippen LogP contribution is -2.62. The fourth-order valence-corrected chi connectivity index (χ4v) is 5.75. The molecule has 0 radical (unpaired) electrons. The summed E-state index contributed by atoms with van der Waals surface area (Å²) in [5.74, 6) is -0.673. The maximum absolute atomic E-state index is 13.9. The van der Waals surface area contributed by atoms with Crippen LogP contribution in [-0.2, 0) is 27.3 Å². The van der Waals surface area contributed by atoms with E-state index < -0.39 is 18.1 Å². The number of carbonyl (C=O) groups excluding carboxylic acids is 3. The van der Waals surface area contributed by atoms with Gasteiger partial charge in [-0.15, -0.1) is 0 Å². The summed E-state index contributed by atoms with van der Waals surface area (Å²) in [6.07, 6.45) is 0.416. The minimum Gasteiger partial charge on any atom is -0.465 e. The van der Waals surface area contributed by atoms with E-state index in [2.05, 4.69) is 4.98 Å². The van der Waals surface area contributed by atoms with Crippen LogP contribution in [0.25, 0.3) is 10.9 Å². The van der Waals surface area contributed by atoms with Gasteiger partial charge in [-0.3, -0.25) is 9.59 Å². The number of benzene rings is 3. The molecule has 0 bridgehead atoms.